The molecule has 0 amide bonds. The average Bonchev–Trinajstić information content (AvgIpc) is 2.59. The van der Waals surface area contributed by atoms with Crippen LogP contribution in [0.3, 0.4) is 0 Å². The topological polar surface area (TPSA) is 61.4 Å². The SMILES string of the molecule is C[C@@H]1CC(C)(C)n2c(O)c(N=N)c3cccc1c32. The smallest absolute Gasteiger partial charge is 0.221 e. The second-order valence-electron chi connectivity index (χ2n) is 5.78. The van der Waals surface area contributed by atoms with Gasteiger partial charge in [0, 0.05) is 10.9 Å². The third-order valence-corrected chi connectivity index (χ3v) is 4.02. The van der Waals surface area contributed by atoms with Gasteiger partial charge in [0.25, 0.3) is 0 Å². The van der Waals surface area contributed by atoms with Crippen molar-refractivity contribution in [2.24, 2.45) is 5.11 Å². The van der Waals surface area contributed by atoms with Crippen molar-refractivity contribution >= 4 is 16.6 Å². The van der Waals surface area contributed by atoms with Gasteiger partial charge in [-0.2, -0.15) is 5.11 Å². The second-order valence-corrected chi connectivity index (χ2v) is 5.78. The Balaban J connectivity index is 2.55. The van der Waals surface area contributed by atoms with Crippen LogP contribution >= 0.6 is 0 Å². The molecule has 1 aliphatic heterocycles. The van der Waals surface area contributed by atoms with E-state index in [9.17, 15) is 5.11 Å². The lowest BCUT2D eigenvalue weighted by atomic mass is 9.82. The largest absolute Gasteiger partial charge is 0.493 e. The van der Waals surface area contributed by atoms with Crippen molar-refractivity contribution in [2.75, 3.05) is 0 Å². The van der Waals surface area contributed by atoms with Crippen molar-refractivity contribution in [3.8, 4) is 5.88 Å². The van der Waals surface area contributed by atoms with E-state index in [1.165, 1.54) is 5.56 Å². The first-order valence-electron chi connectivity index (χ1n) is 6.21. The maximum atomic E-state index is 10.3. The Morgan fingerprint density at radius 1 is 1.44 bits per heavy atom. The highest BCUT2D eigenvalue weighted by Crippen LogP contribution is 2.50. The van der Waals surface area contributed by atoms with Gasteiger partial charge in [0.2, 0.25) is 5.88 Å². The van der Waals surface area contributed by atoms with Crippen LogP contribution in [0, 0.1) is 5.53 Å². The molecule has 0 aliphatic carbocycles. The minimum atomic E-state index is -0.154. The highest BCUT2D eigenvalue weighted by atomic mass is 16.3. The summed E-state index contributed by atoms with van der Waals surface area (Å²) in [5.74, 6) is 0.563. The van der Waals surface area contributed by atoms with Gasteiger partial charge >= 0.3 is 0 Å². The van der Waals surface area contributed by atoms with Crippen molar-refractivity contribution in [1.82, 2.24) is 4.57 Å². The van der Waals surface area contributed by atoms with Gasteiger partial charge in [-0.25, -0.2) is 5.53 Å². The lowest BCUT2D eigenvalue weighted by Gasteiger charge is -2.36. The predicted octanol–water partition coefficient (Wildman–Crippen LogP) is 4.25. The Kier molecular flexibility index (Phi) is 2.09. The fourth-order valence-electron chi connectivity index (χ4n) is 3.38. The lowest BCUT2D eigenvalue weighted by Crippen LogP contribution is -2.31. The third-order valence-electron chi connectivity index (χ3n) is 4.02. The molecule has 0 saturated heterocycles. The fraction of sp³-hybridized carbons (Fsp3) is 0.429. The van der Waals surface area contributed by atoms with Gasteiger partial charge < -0.3 is 9.67 Å². The lowest BCUT2D eigenvalue weighted by molar-refractivity contribution is 0.267. The standard InChI is InChI=1S/C14H17N3O/c1-8-7-14(2,3)17-12-9(8)5-4-6-10(12)11(16-15)13(17)18/h4-6,8,15,18H,7H2,1-3H3/t8-/m1/s1. The van der Waals surface area contributed by atoms with Crippen molar-refractivity contribution in [3.05, 3.63) is 23.8 Å². The monoisotopic (exact) mass is 243 g/mol. The first-order valence-corrected chi connectivity index (χ1v) is 6.21. The summed E-state index contributed by atoms with van der Waals surface area (Å²) in [6, 6.07) is 6.01. The van der Waals surface area contributed by atoms with Crippen molar-refractivity contribution in [2.45, 2.75) is 38.6 Å². The molecule has 1 aliphatic rings. The van der Waals surface area contributed by atoms with E-state index >= 15 is 0 Å². The van der Waals surface area contributed by atoms with E-state index in [1.807, 2.05) is 16.7 Å². The number of nitrogens with zero attached hydrogens (tertiary/aromatic N) is 2. The van der Waals surface area contributed by atoms with Crippen molar-refractivity contribution < 1.29 is 5.11 Å². The molecule has 0 spiro atoms. The highest BCUT2D eigenvalue weighted by Gasteiger charge is 2.36. The van der Waals surface area contributed by atoms with Crippen LogP contribution in [0.2, 0.25) is 0 Å². The average molecular weight is 243 g/mol. The molecule has 0 bridgehead atoms. The molecule has 0 unspecified atom stereocenters. The number of aromatic nitrogens is 1. The number of benzene rings is 1. The molecule has 1 aromatic carbocycles. The Hall–Kier alpha value is -1.84. The normalized spacial score (nSPS) is 21.2. The molecule has 1 atom stereocenters. The summed E-state index contributed by atoms with van der Waals surface area (Å²) in [4.78, 5) is 0. The predicted molar refractivity (Wildman–Crippen MR) is 70.8 cm³/mol. The quantitative estimate of drug-likeness (QED) is 0.722. The van der Waals surface area contributed by atoms with Crippen LogP contribution in [-0.2, 0) is 5.54 Å². The van der Waals surface area contributed by atoms with Crippen LogP contribution in [0.1, 0.15) is 38.7 Å². The number of nitrogens with one attached hydrogen (secondary N) is 1. The summed E-state index contributed by atoms with van der Waals surface area (Å²) in [5, 5.41) is 14.7. The van der Waals surface area contributed by atoms with Gasteiger partial charge in [-0.3, -0.25) is 0 Å². The minimum absolute atomic E-state index is 0.115. The molecule has 2 N–H and O–H groups in total. The molecule has 4 nitrogen and oxygen atoms in total. The summed E-state index contributed by atoms with van der Waals surface area (Å²) >= 11 is 0. The first kappa shape index (κ1) is 11.3. The van der Waals surface area contributed by atoms with Crippen LogP contribution < -0.4 is 0 Å². The Labute approximate surface area is 106 Å². The Bertz CT molecular complexity index is 655. The van der Waals surface area contributed by atoms with Crippen LogP contribution in [0.15, 0.2) is 23.3 Å². The number of rotatable bonds is 1. The molecular formula is C14H17N3O. The zero-order chi connectivity index (χ0) is 13.1. The highest BCUT2D eigenvalue weighted by molar-refractivity contribution is 5.97. The summed E-state index contributed by atoms with van der Waals surface area (Å²) < 4.78 is 1.94. The van der Waals surface area contributed by atoms with Crippen molar-refractivity contribution in [1.29, 1.82) is 5.53 Å². The van der Waals surface area contributed by atoms with Crippen LogP contribution in [0.4, 0.5) is 5.69 Å². The van der Waals surface area contributed by atoms with Gasteiger partial charge in [-0.1, -0.05) is 25.1 Å². The van der Waals surface area contributed by atoms with Gasteiger partial charge in [-0.15, -0.1) is 0 Å². The van der Waals surface area contributed by atoms with Crippen LogP contribution in [0.25, 0.3) is 10.9 Å². The van der Waals surface area contributed by atoms with Crippen LogP contribution in [-0.4, -0.2) is 9.67 Å². The van der Waals surface area contributed by atoms with E-state index in [4.69, 9.17) is 5.53 Å². The third kappa shape index (κ3) is 1.20. The van der Waals surface area contributed by atoms with Crippen molar-refractivity contribution in [3.63, 3.8) is 0 Å². The summed E-state index contributed by atoms with van der Waals surface area (Å²) in [6.45, 7) is 6.44. The molecule has 94 valence electrons. The summed E-state index contributed by atoms with van der Waals surface area (Å²) in [6.07, 6.45) is 0.971. The summed E-state index contributed by atoms with van der Waals surface area (Å²) in [7, 11) is 0. The molecule has 18 heavy (non-hydrogen) atoms. The Morgan fingerprint density at radius 3 is 2.83 bits per heavy atom. The van der Waals surface area contributed by atoms with Gasteiger partial charge in [0.15, 0.2) is 5.69 Å². The van der Waals surface area contributed by atoms with E-state index in [0.717, 1.165) is 17.3 Å². The first-order chi connectivity index (χ1) is 8.47. The zero-order valence-electron chi connectivity index (χ0n) is 10.9. The van der Waals surface area contributed by atoms with E-state index in [0.29, 0.717) is 11.6 Å². The maximum Gasteiger partial charge on any atom is 0.221 e. The van der Waals surface area contributed by atoms with Gasteiger partial charge in [-0.05, 0) is 31.7 Å². The van der Waals surface area contributed by atoms with Gasteiger partial charge in [0.05, 0.1) is 5.52 Å². The van der Waals surface area contributed by atoms with E-state index in [1.54, 1.807) is 0 Å². The van der Waals surface area contributed by atoms with Crippen LogP contribution in [0.5, 0.6) is 5.88 Å². The molecular weight excluding hydrogens is 226 g/mol. The second kappa shape index (κ2) is 3.34. The fourth-order valence-corrected chi connectivity index (χ4v) is 3.38. The van der Waals surface area contributed by atoms with E-state index < -0.39 is 0 Å². The zero-order valence-corrected chi connectivity index (χ0v) is 10.9. The molecule has 2 aromatic rings. The molecule has 3 rings (SSSR count). The molecule has 0 saturated carbocycles. The number of para-hydroxylation sites is 1. The number of hydrogen-bond acceptors (Lipinski definition) is 3. The molecule has 0 fully saturated rings. The minimum Gasteiger partial charge on any atom is -0.493 e. The summed E-state index contributed by atoms with van der Waals surface area (Å²) in [5.41, 5.74) is 9.77. The molecule has 1 aromatic heterocycles. The molecule has 0 radical (unpaired) electrons. The number of hydrogen-bond donors (Lipinski definition) is 2. The van der Waals surface area contributed by atoms with E-state index in [2.05, 4.69) is 32.0 Å². The maximum absolute atomic E-state index is 10.3. The molecule has 4 heteroatoms. The van der Waals surface area contributed by atoms with E-state index in [-0.39, 0.29) is 11.4 Å². The number of aromatic hydroxyl groups is 1. The Morgan fingerprint density at radius 2 is 2.17 bits per heavy atom. The van der Waals surface area contributed by atoms with Gasteiger partial charge in [0.1, 0.15) is 0 Å². The molecule has 2 heterocycles.